The van der Waals surface area contributed by atoms with E-state index in [1.807, 2.05) is 0 Å². The zero-order chi connectivity index (χ0) is 17.3. The van der Waals surface area contributed by atoms with E-state index in [0.29, 0.717) is 23.9 Å². The maximum absolute atomic E-state index is 13.9. The van der Waals surface area contributed by atoms with E-state index in [1.54, 1.807) is 31.2 Å². The summed E-state index contributed by atoms with van der Waals surface area (Å²) in [5.74, 6) is 0.133. The van der Waals surface area contributed by atoms with Gasteiger partial charge in [0.05, 0.1) is 6.54 Å². The third-order valence-corrected chi connectivity index (χ3v) is 4.21. The van der Waals surface area contributed by atoms with E-state index in [2.05, 4.69) is 15.5 Å². The lowest BCUT2D eigenvalue weighted by molar-refractivity contribution is -0.131. The van der Waals surface area contributed by atoms with Crippen LogP contribution in [0, 0.1) is 0 Å². The van der Waals surface area contributed by atoms with Gasteiger partial charge in [-0.2, -0.15) is 0 Å². The van der Waals surface area contributed by atoms with Crippen molar-refractivity contribution in [3.8, 4) is 11.5 Å². The quantitative estimate of drug-likeness (QED) is 0.915. The molecule has 0 spiro atoms. The van der Waals surface area contributed by atoms with Crippen molar-refractivity contribution in [3.05, 3.63) is 29.3 Å². The number of hydrogen-bond donors (Lipinski definition) is 1. The minimum Gasteiger partial charge on any atom is -0.403 e. The van der Waals surface area contributed by atoms with E-state index in [-0.39, 0.29) is 18.5 Å². The lowest BCUT2D eigenvalue weighted by atomic mass is 10.1. The fourth-order valence-corrected chi connectivity index (χ4v) is 2.75. The highest BCUT2D eigenvalue weighted by Gasteiger charge is 2.37. The number of anilines is 1. The van der Waals surface area contributed by atoms with Gasteiger partial charge in [0.25, 0.3) is 0 Å². The molecule has 1 aromatic carbocycles. The minimum absolute atomic E-state index is 0.109. The topological polar surface area (TPSA) is 71.3 Å². The van der Waals surface area contributed by atoms with Crippen molar-refractivity contribution in [2.45, 2.75) is 32.0 Å². The van der Waals surface area contributed by atoms with Gasteiger partial charge in [0.1, 0.15) is 11.7 Å². The van der Waals surface area contributed by atoms with Crippen molar-refractivity contribution in [3.63, 3.8) is 0 Å². The van der Waals surface area contributed by atoms with Gasteiger partial charge in [0.2, 0.25) is 11.8 Å². The van der Waals surface area contributed by atoms with E-state index in [1.165, 1.54) is 11.8 Å². The maximum atomic E-state index is 13.9. The third-order valence-electron chi connectivity index (χ3n) is 3.96. The molecule has 1 aliphatic heterocycles. The molecule has 1 aromatic heterocycles. The van der Waals surface area contributed by atoms with Crippen LogP contribution in [0.25, 0.3) is 11.5 Å². The molecule has 1 N–H and O–H groups in total. The molecule has 1 saturated heterocycles. The summed E-state index contributed by atoms with van der Waals surface area (Å²) in [7, 11) is 0. The number of aromatic nitrogens is 2. The third kappa shape index (κ3) is 3.67. The fourth-order valence-electron chi connectivity index (χ4n) is 2.62. The van der Waals surface area contributed by atoms with Crippen LogP contribution in [0.3, 0.4) is 0 Å². The number of hydrogen-bond acceptors (Lipinski definition) is 5. The highest BCUT2D eigenvalue weighted by Crippen LogP contribution is 2.26. The second kappa shape index (κ2) is 6.39. The van der Waals surface area contributed by atoms with E-state index < -0.39 is 11.7 Å². The molecule has 0 unspecified atom stereocenters. The van der Waals surface area contributed by atoms with Crippen molar-refractivity contribution >= 4 is 23.5 Å². The van der Waals surface area contributed by atoms with Crippen LogP contribution in [0.4, 0.5) is 10.4 Å². The predicted octanol–water partition coefficient (Wildman–Crippen LogP) is 3.15. The Hall–Kier alpha value is -2.15. The molecule has 2 atom stereocenters. The van der Waals surface area contributed by atoms with E-state index in [4.69, 9.17) is 16.0 Å². The molecule has 1 amide bonds. The number of rotatable bonds is 4. The predicted molar refractivity (Wildman–Crippen MR) is 88.5 cm³/mol. The Morgan fingerprint density at radius 1 is 1.42 bits per heavy atom. The van der Waals surface area contributed by atoms with E-state index in [9.17, 15) is 9.18 Å². The number of benzene rings is 1. The average Bonchev–Trinajstić information content (AvgIpc) is 3.13. The number of halogens is 2. The number of likely N-dealkylation sites (tertiary alicyclic amines) is 1. The summed E-state index contributed by atoms with van der Waals surface area (Å²) in [6.07, 6.45) is 0.354. The highest BCUT2D eigenvalue weighted by atomic mass is 35.5. The molecule has 2 heterocycles. The van der Waals surface area contributed by atoms with Gasteiger partial charge < -0.3 is 14.6 Å². The van der Waals surface area contributed by atoms with Crippen molar-refractivity contribution in [2.75, 3.05) is 18.4 Å². The number of nitrogens with zero attached hydrogens (tertiary/aromatic N) is 3. The summed E-state index contributed by atoms with van der Waals surface area (Å²) in [4.78, 5) is 13.9. The van der Waals surface area contributed by atoms with Crippen molar-refractivity contribution in [1.82, 2.24) is 15.1 Å². The molecular formula is C16H18ClFN4O2. The van der Waals surface area contributed by atoms with Gasteiger partial charge in [-0.15, -0.1) is 5.10 Å². The average molecular weight is 353 g/mol. The van der Waals surface area contributed by atoms with Gasteiger partial charge in [-0.25, -0.2) is 4.39 Å². The molecule has 3 rings (SSSR count). The van der Waals surface area contributed by atoms with Gasteiger partial charge in [0.15, 0.2) is 0 Å². The Labute approximate surface area is 144 Å². The van der Waals surface area contributed by atoms with Crippen LogP contribution >= 0.6 is 11.6 Å². The van der Waals surface area contributed by atoms with Crippen LogP contribution in [0.5, 0.6) is 0 Å². The van der Waals surface area contributed by atoms with Gasteiger partial charge in [0, 0.05) is 23.6 Å². The molecule has 0 saturated carbocycles. The summed E-state index contributed by atoms with van der Waals surface area (Å²) in [6, 6.07) is 6.53. The lowest BCUT2D eigenvalue weighted by Gasteiger charge is -2.21. The molecule has 2 aromatic rings. The van der Waals surface area contributed by atoms with Crippen molar-refractivity contribution < 1.29 is 13.6 Å². The van der Waals surface area contributed by atoms with Gasteiger partial charge in [-0.05, 0) is 38.1 Å². The second-order valence-electron chi connectivity index (χ2n) is 6.21. The molecular weight excluding hydrogens is 335 g/mol. The zero-order valence-electron chi connectivity index (χ0n) is 13.4. The number of carbonyl (C=O) groups is 1. The zero-order valence-corrected chi connectivity index (χ0v) is 14.2. The summed E-state index contributed by atoms with van der Waals surface area (Å²) >= 11 is 5.84. The van der Waals surface area contributed by atoms with Gasteiger partial charge >= 0.3 is 6.01 Å². The molecule has 1 fully saturated rings. The van der Waals surface area contributed by atoms with Crippen LogP contribution in [0.2, 0.25) is 5.02 Å². The number of alkyl halides is 1. The summed E-state index contributed by atoms with van der Waals surface area (Å²) < 4.78 is 19.4. The first-order valence-corrected chi connectivity index (χ1v) is 8.05. The second-order valence-corrected chi connectivity index (χ2v) is 6.64. The summed E-state index contributed by atoms with van der Waals surface area (Å²) in [5.41, 5.74) is -0.589. The summed E-state index contributed by atoms with van der Waals surface area (Å²) in [5, 5.41) is 11.3. The van der Waals surface area contributed by atoms with Crippen LogP contribution in [-0.4, -0.2) is 45.8 Å². The standard InChI is InChI=1S/C16H18ClFN4O2/c1-10(14(23)22-8-7-16(2,18)9-22)19-15-21-20-13(24-15)11-3-5-12(17)6-4-11/h3-6,10H,7-9H2,1-2H3,(H,19,21)/t10-,16+/m1/s1. The number of nitrogens with one attached hydrogen (secondary N) is 1. The minimum atomic E-state index is -1.32. The molecule has 0 bridgehead atoms. The first-order valence-electron chi connectivity index (χ1n) is 7.68. The smallest absolute Gasteiger partial charge is 0.316 e. The van der Waals surface area contributed by atoms with Gasteiger partial charge in [-0.3, -0.25) is 4.79 Å². The molecule has 128 valence electrons. The SMILES string of the molecule is C[C@@H](Nc1nnc(-c2ccc(Cl)cc2)o1)C(=O)N1CC[C@](C)(F)C1. The van der Waals surface area contributed by atoms with Crippen LogP contribution in [0.15, 0.2) is 28.7 Å². The Morgan fingerprint density at radius 2 is 2.12 bits per heavy atom. The molecule has 0 aliphatic carbocycles. The van der Waals surface area contributed by atoms with E-state index in [0.717, 1.165) is 5.56 Å². The van der Waals surface area contributed by atoms with Crippen LogP contribution in [0.1, 0.15) is 20.3 Å². The lowest BCUT2D eigenvalue weighted by Crippen LogP contribution is -2.41. The van der Waals surface area contributed by atoms with Crippen LogP contribution in [-0.2, 0) is 4.79 Å². The number of carbonyl (C=O) groups excluding carboxylic acids is 1. The van der Waals surface area contributed by atoms with Crippen molar-refractivity contribution in [2.24, 2.45) is 0 Å². The van der Waals surface area contributed by atoms with Crippen molar-refractivity contribution in [1.29, 1.82) is 0 Å². The first-order chi connectivity index (χ1) is 11.3. The molecule has 8 heteroatoms. The molecule has 6 nitrogen and oxygen atoms in total. The van der Waals surface area contributed by atoms with Gasteiger partial charge in [-0.1, -0.05) is 16.7 Å². The Morgan fingerprint density at radius 3 is 2.75 bits per heavy atom. The molecule has 24 heavy (non-hydrogen) atoms. The van der Waals surface area contributed by atoms with Crippen LogP contribution < -0.4 is 5.32 Å². The monoisotopic (exact) mass is 352 g/mol. The largest absolute Gasteiger partial charge is 0.403 e. The molecule has 0 radical (unpaired) electrons. The Balaban J connectivity index is 1.64. The maximum Gasteiger partial charge on any atom is 0.316 e. The summed E-state index contributed by atoms with van der Waals surface area (Å²) in [6.45, 7) is 3.71. The van der Waals surface area contributed by atoms with E-state index >= 15 is 0 Å². The highest BCUT2D eigenvalue weighted by molar-refractivity contribution is 6.30. The normalized spacial score (nSPS) is 21.8. The fraction of sp³-hybridized carbons (Fsp3) is 0.438. The Bertz CT molecular complexity index is 732. The number of amides is 1. The Kier molecular flexibility index (Phi) is 4.45. The molecule has 1 aliphatic rings. The first kappa shape index (κ1) is 16.7.